The summed E-state index contributed by atoms with van der Waals surface area (Å²) >= 11 is 0. The summed E-state index contributed by atoms with van der Waals surface area (Å²) in [6.45, 7) is 3.20. The molecule has 9 heteroatoms. The number of aryl methyl sites for hydroxylation is 1. The number of ether oxygens (including phenoxy) is 1. The second-order valence-corrected chi connectivity index (χ2v) is 7.25. The van der Waals surface area contributed by atoms with Crippen molar-refractivity contribution in [3.63, 3.8) is 0 Å². The van der Waals surface area contributed by atoms with Gasteiger partial charge in [0.1, 0.15) is 17.8 Å². The smallest absolute Gasteiger partial charge is 0.325 e. The number of hydrogen-bond acceptors (Lipinski definition) is 5. The van der Waals surface area contributed by atoms with Crippen LogP contribution < -0.4 is 21.1 Å². The number of amides is 5. The zero-order valence-electron chi connectivity index (χ0n) is 17.5. The van der Waals surface area contributed by atoms with Crippen LogP contribution in [0.25, 0.3) is 0 Å². The standard InChI is InChI=1S/C22H24N4O5/c1-4-22(15-7-10-17(31-3)13(2)11-15)20(29)26(21(30)25-22)12-18(27)24-16-8-5-14(6-9-16)19(23)28/h5-11H,4,12H2,1-3H3,(H2,23,28)(H,24,27)(H,25,30). The second kappa shape index (κ2) is 8.47. The average Bonchev–Trinajstić information content (AvgIpc) is 2.99. The third kappa shape index (κ3) is 4.07. The second-order valence-electron chi connectivity index (χ2n) is 7.25. The monoisotopic (exact) mass is 424 g/mol. The fraction of sp³-hybridized carbons (Fsp3) is 0.273. The fourth-order valence-electron chi connectivity index (χ4n) is 3.61. The van der Waals surface area contributed by atoms with Gasteiger partial charge in [0.05, 0.1) is 7.11 Å². The van der Waals surface area contributed by atoms with Crippen molar-refractivity contribution in [2.24, 2.45) is 5.73 Å². The van der Waals surface area contributed by atoms with Gasteiger partial charge in [-0.1, -0.05) is 13.0 Å². The molecule has 0 radical (unpaired) electrons. The SMILES string of the molecule is CCC1(c2ccc(OC)c(C)c2)NC(=O)N(CC(=O)Nc2ccc(C(N)=O)cc2)C1=O. The number of urea groups is 1. The Labute approximate surface area is 179 Å². The van der Waals surface area contributed by atoms with Crippen LogP contribution in [0.4, 0.5) is 10.5 Å². The summed E-state index contributed by atoms with van der Waals surface area (Å²) in [4.78, 5) is 50.3. The Kier molecular flexibility index (Phi) is 5.96. The van der Waals surface area contributed by atoms with E-state index < -0.39 is 35.8 Å². The summed E-state index contributed by atoms with van der Waals surface area (Å²) in [5.41, 5.74) is 6.10. The Morgan fingerprint density at radius 3 is 2.39 bits per heavy atom. The Morgan fingerprint density at radius 2 is 1.84 bits per heavy atom. The van der Waals surface area contributed by atoms with Crippen molar-refractivity contribution >= 4 is 29.4 Å². The molecule has 0 bridgehead atoms. The van der Waals surface area contributed by atoms with Gasteiger partial charge in [-0.2, -0.15) is 0 Å². The largest absolute Gasteiger partial charge is 0.496 e. The molecule has 0 aliphatic carbocycles. The molecule has 162 valence electrons. The van der Waals surface area contributed by atoms with Crippen molar-refractivity contribution in [3.8, 4) is 5.75 Å². The molecule has 1 aliphatic heterocycles. The molecule has 2 aromatic carbocycles. The number of nitrogens with two attached hydrogens (primary N) is 1. The molecule has 5 amide bonds. The molecule has 9 nitrogen and oxygen atoms in total. The zero-order chi connectivity index (χ0) is 22.8. The van der Waals surface area contributed by atoms with Gasteiger partial charge in [0, 0.05) is 11.3 Å². The van der Waals surface area contributed by atoms with Crippen LogP contribution in [-0.2, 0) is 15.1 Å². The first kappa shape index (κ1) is 21.8. The number of rotatable bonds is 7. The van der Waals surface area contributed by atoms with E-state index in [1.807, 2.05) is 6.92 Å². The molecule has 0 saturated carbocycles. The first-order chi connectivity index (χ1) is 14.7. The summed E-state index contributed by atoms with van der Waals surface area (Å²) in [6, 6.07) is 10.6. The molecule has 4 N–H and O–H groups in total. The molecule has 3 rings (SSSR count). The predicted octanol–water partition coefficient (Wildman–Crippen LogP) is 1.90. The Bertz CT molecular complexity index is 1050. The minimum atomic E-state index is -1.25. The molecule has 1 fully saturated rings. The summed E-state index contributed by atoms with van der Waals surface area (Å²) in [5, 5.41) is 5.36. The summed E-state index contributed by atoms with van der Waals surface area (Å²) in [5.74, 6) is -0.954. The molecular weight excluding hydrogens is 400 g/mol. The number of nitrogens with zero attached hydrogens (tertiary/aromatic N) is 1. The minimum absolute atomic E-state index is 0.301. The number of imide groups is 1. The highest BCUT2D eigenvalue weighted by Crippen LogP contribution is 2.34. The van der Waals surface area contributed by atoms with E-state index in [0.717, 1.165) is 10.5 Å². The van der Waals surface area contributed by atoms with E-state index in [-0.39, 0.29) is 0 Å². The van der Waals surface area contributed by atoms with Crippen LogP contribution in [0.3, 0.4) is 0 Å². The van der Waals surface area contributed by atoms with Gasteiger partial charge in [0.2, 0.25) is 11.8 Å². The Balaban J connectivity index is 1.77. The molecular formula is C22H24N4O5. The highest BCUT2D eigenvalue weighted by molar-refractivity contribution is 6.10. The molecule has 2 aromatic rings. The summed E-state index contributed by atoms with van der Waals surface area (Å²) in [6.07, 6.45) is 0.316. The van der Waals surface area contributed by atoms with E-state index in [9.17, 15) is 19.2 Å². The molecule has 1 heterocycles. The number of hydrogen-bond donors (Lipinski definition) is 3. The highest BCUT2D eigenvalue weighted by Gasteiger charge is 2.51. The van der Waals surface area contributed by atoms with Gasteiger partial charge < -0.3 is 21.1 Å². The first-order valence-electron chi connectivity index (χ1n) is 9.70. The summed E-state index contributed by atoms with van der Waals surface area (Å²) in [7, 11) is 1.56. The van der Waals surface area contributed by atoms with Crippen LogP contribution in [-0.4, -0.2) is 42.3 Å². The van der Waals surface area contributed by atoms with E-state index in [1.54, 1.807) is 32.2 Å². The van der Waals surface area contributed by atoms with Crippen LogP contribution in [0.15, 0.2) is 42.5 Å². The fourth-order valence-corrected chi connectivity index (χ4v) is 3.61. The topological polar surface area (TPSA) is 131 Å². The maximum Gasteiger partial charge on any atom is 0.325 e. The van der Waals surface area contributed by atoms with E-state index in [4.69, 9.17) is 10.5 Å². The number of primary amides is 1. The lowest BCUT2D eigenvalue weighted by molar-refractivity contribution is -0.134. The molecule has 1 atom stereocenters. The van der Waals surface area contributed by atoms with E-state index in [2.05, 4.69) is 10.6 Å². The number of nitrogens with one attached hydrogen (secondary N) is 2. The van der Waals surface area contributed by atoms with Crippen molar-refractivity contribution in [1.82, 2.24) is 10.2 Å². The average molecular weight is 424 g/mol. The number of carbonyl (C=O) groups excluding carboxylic acids is 4. The Morgan fingerprint density at radius 1 is 1.16 bits per heavy atom. The molecule has 0 aromatic heterocycles. The van der Waals surface area contributed by atoms with E-state index in [0.29, 0.717) is 29.0 Å². The van der Waals surface area contributed by atoms with Gasteiger partial charge in [0.15, 0.2) is 0 Å². The third-order valence-electron chi connectivity index (χ3n) is 5.35. The van der Waals surface area contributed by atoms with Crippen molar-refractivity contribution in [1.29, 1.82) is 0 Å². The molecule has 1 unspecified atom stereocenters. The number of benzene rings is 2. The van der Waals surface area contributed by atoms with Crippen LogP contribution >= 0.6 is 0 Å². The Hall–Kier alpha value is -3.88. The third-order valence-corrected chi connectivity index (χ3v) is 5.35. The van der Waals surface area contributed by atoms with Crippen LogP contribution in [0.2, 0.25) is 0 Å². The molecule has 0 spiro atoms. The normalized spacial score (nSPS) is 18.0. The number of carbonyl (C=O) groups is 4. The highest BCUT2D eigenvalue weighted by atomic mass is 16.5. The zero-order valence-corrected chi connectivity index (χ0v) is 17.5. The molecule has 31 heavy (non-hydrogen) atoms. The van der Waals surface area contributed by atoms with E-state index in [1.165, 1.54) is 24.3 Å². The number of methoxy groups -OCH3 is 1. The van der Waals surface area contributed by atoms with Gasteiger partial charge in [-0.15, -0.1) is 0 Å². The van der Waals surface area contributed by atoms with Crippen LogP contribution in [0.5, 0.6) is 5.75 Å². The molecule has 1 aliphatic rings. The van der Waals surface area contributed by atoms with Gasteiger partial charge in [-0.3, -0.25) is 19.3 Å². The van der Waals surface area contributed by atoms with Gasteiger partial charge in [0.25, 0.3) is 5.91 Å². The van der Waals surface area contributed by atoms with Gasteiger partial charge >= 0.3 is 6.03 Å². The van der Waals surface area contributed by atoms with Gasteiger partial charge in [-0.05, 0) is 60.9 Å². The lowest BCUT2D eigenvalue weighted by Gasteiger charge is -2.26. The predicted molar refractivity (Wildman–Crippen MR) is 114 cm³/mol. The van der Waals surface area contributed by atoms with Crippen molar-refractivity contribution < 1.29 is 23.9 Å². The van der Waals surface area contributed by atoms with Crippen molar-refractivity contribution in [3.05, 3.63) is 59.2 Å². The minimum Gasteiger partial charge on any atom is -0.496 e. The van der Waals surface area contributed by atoms with Crippen LogP contribution in [0, 0.1) is 6.92 Å². The maximum atomic E-state index is 13.2. The quantitative estimate of drug-likeness (QED) is 0.584. The molecule has 1 saturated heterocycles. The summed E-state index contributed by atoms with van der Waals surface area (Å²) < 4.78 is 5.27. The van der Waals surface area contributed by atoms with Crippen molar-refractivity contribution in [2.75, 3.05) is 19.0 Å². The lowest BCUT2D eigenvalue weighted by Crippen LogP contribution is -2.44. The van der Waals surface area contributed by atoms with Crippen LogP contribution in [0.1, 0.15) is 34.8 Å². The van der Waals surface area contributed by atoms with Gasteiger partial charge in [-0.25, -0.2) is 4.79 Å². The van der Waals surface area contributed by atoms with Crippen molar-refractivity contribution in [2.45, 2.75) is 25.8 Å². The number of anilines is 1. The van der Waals surface area contributed by atoms with E-state index >= 15 is 0 Å². The maximum absolute atomic E-state index is 13.2. The lowest BCUT2D eigenvalue weighted by atomic mass is 9.86. The first-order valence-corrected chi connectivity index (χ1v) is 9.70.